The van der Waals surface area contributed by atoms with Gasteiger partial charge in [-0.15, -0.1) is 0 Å². The molecule has 1 saturated heterocycles. The molecule has 2 aromatic carbocycles. The summed E-state index contributed by atoms with van der Waals surface area (Å²) in [5.41, 5.74) is 2.40. The van der Waals surface area contributed by atoms with Crippen LogP contribution in [0.5, 0.6) is 11.5 Å². The van der Waals surface area contributed by atoms with E-state index in [4.69, 9.17) is 14.2 Å². The zero-order valence-electron chi connectivity index (χ0n) is 16.4. The first-order valence-electron chi connectivity index (χ1n) is 9.71. The van der Waals surface area contributed by atoms with Crippen LogP contribution in [0.1, 0.15) is 23.7 Å². The monoisotopic (exact) mass is 381 g/mol. The highest BCUT2D eigenvalue weighted by Gasteiger charge is 2.29. The lowest BCUT2D eigenvalue weighted by Gasteiger charge is -2.25. The van der Waals surface area contributed by atoms with Crippen molar-refractivity contribution in [2.24, 2.45) is 10.9 Å². The minimum Gasteiger partial charge on any atom is -0.454 e. The van der Waals surface area contributed by atoms with E-state index in [0.29, 0.717) is 12.7 Å². The molecule has 0 aromatic heterocycles. The van der Waals surface area contributed by atoms with Gasteiger partial charge in [0.25, 0.3) is 0 Å². The van der Waals surface area contributed by atoms with E-state index < -0.39 is 0 Å². The maximum Gasteiger partial charge on any atom is 0.231 e. The van der Waals surface area contributed by atoms with E-state index in [1.54, 1.807) is 0 Å². The number of hydrogen-bond donors (Lipinski definition) is 1. The predicted molar refractivity (Wildman–Crippen MR) is 109 cm³/mol. The van der Waals surface area contributed by atoms with Gasteiger partial charge in [-0.2, -0.15) is 0 Å². The Morgan fingerprint density at radius 3 is 2.79 bits per heavy atom. The quantitative estimate of drug-likeness (QED) is 0.637. The third-order valence-corrected chi connectivity index (χ3v) is 5.29. The van der Waals surface area contributed by atoms with Gasteiger partial charge in [-0.25, -0.2) is 0 Å². The van der Waals surface area contributed by atoms with Crippen LogP contribution in [-0.2, 0) is 11.3 Å². The van der Waals surface area contributed by atoms with E-state index in [1.807, 2.05) is 32.3 Å². The van der Waals surface area contributed by atoms with Crippen LogP contribution in [-0.4, -0.2) is 44.9 Å². The number of ether oxygens (including phenoxy) is 3. The highest BCUT2D eigenvalue weighted by Crippen LogP contribution is 2.34. The summed E-state index contributed by atoms with van der Waals surface area (Å²) >= 11 is 0. The summed E-state index contributed by atoms with van der Waals surface area (Å²) in [7, 11) is 3.86. The van der Waals surface area contributed by atoms with Crippen molar-refractivity contribution in [3.05, 3.63) is 59.7 Å². The second kappa shape index (κ2) is 8.52. The first kappa shape index (κ1) is 18.6. The summed E-state index contributed by atoms with van der Waals surface area (Å²) in [4.78, 5) is 6.57. The molecule has 6 heteroatoms. The fourth-order valence-electron chi connectivity index (χ4n) is 3.85. The molecule has 0 radical (unpaired) electrons. The molecule has 2 aliphatic rings. The molecule has 2 aromatic rings. The number of guanidine groups is 1. The fraction of sp³-hybridized carbons (Fsp3) is 0.409. The van der Waals surface area contributed by atoms with Gasteiger partial charge in [-0.3, -0.25) is 4.99 Å². The summed E-state index contributed by atoms with van der Waals surface area (Å²) < 4.78 is 16.9. The minimum atomic E-state index is 0.144. The number of nitrogens with zero attached hydrogens (tertiary/aromatic N) is 2. The molecule has 0 saturated carbocycles. The van der Waals surface area contributed by atoms with Crippen molar-refractivity contribution in [2.75, 3.05) is 34.0 Å². The second-order valence-electron chi connectivity index (χ2n) is 7.22. The smallest absolute Gasteiger partial charge is 0.231 e. The maximum atomic E-state index is 6.00. The van der Waals surface area contributed by atoms with Gasteiger partial charge in [0.15, 0.2) is 17.5 Å². The van der Waals surface area contributed by atoms with Crippen molar-refractivity contribution >= 4 is 5.96 Å². The molecule has 0 amide bonds. The Bertz CT molecular complexity index is 825. The Labute approximate surface area is 166 Å². The molecular weight excluding hydrogens is 354 g/mol. The topological polar surface area (TPSA) is 55.3 Å². The highest BCUT2D eigenvalue weighted by atomic mass is 16.7. The van der Waals surface area contributed by atoms with E-state index in [-0.39, 0.29) is 6.10 Å². The second-order valence-corrected chi connectivity index (χ2v) is 7.22. The van der Waals surface area contributed by atoms with Gasteiger partial charge < -0.3 is 24.4 Å². The molecule has 148 valence electrons. The van der Waals surface area contributed by atoms with E-state index in [9.17, 15) is 0 Å². The van der Waals surface area contributed by atoms with Crippen molar-refractivity contribution in [3.8, 4) is 11.5 Å². The SMILES string of the molecule is CN=C(NCC1CCOC1c1ccccc1)N(C)Cc1ccc2c(c1)OCO2. The Kier molecular flexibility index (Phi) is 5.67. The van der Waals surface area contributed by atoms with Crippen LogP contribution in [0.3, 0.4) is 0 Å². The molecule has 4 rings (SSSR count). The molecule has 2 heterocycles. The van der Waals surface area contributed by atoms with Crippen LogP contribution < -0.4 is 14.8 Å². The van der Waals surface area contributed by atoms with Gasteiger partial charge in [0.2, 0.25) is 6.79 Å². The number of hydrogen-bond acceptors (Lipinski definition) is 4. The average molecular weight is 381 g/mol. The summed E-state index contributed by atoms with van der Waals surface area (Å²) in [6.45, 7) is 2.67. The normalized spacial score (nSPS) is 21.0. The minimum absolute atomic E-state index is 0.144. The van der Waals surface area contributed by atoms with Gasteiger partial charge in [-0.05, 0) is 29.7 Å². The van der Waals surface area contributed by atoms with Crippen molar-refractivity contribution in [3.63, 3.8) is 0 Å². The third kappa shape index (κ3) is 4.07. The Balaban J connectivity index is 1.35. The summed E-state index contributed by atoms with van der Waals surface area (Å²) in [5.74, 6) is 2.92. The Hall–Kier alpha value is -2.73. The number of nitrogens with one attached hydrogen (secondary N) is 1. The molecule has 28 heavy (non-hydrogen) atoms. The van der Waals surface area contributed by atoms with Crippen molar-refractivity contribution < 1.29 is 14.2 Å². The average Bonchev–Trinajstić information content (AvgIpc) is 3.38. The van der Waals surface area contributed by atoms with Gasteiger partial charge >= 0.3 is 0 Å². The summed E-state index contributed by atoms with van der Waals surface area (Å²) in [6, 6.07) is 16.5. The number of fused-ring (bicyclic) bond motifs is 1. The lowest BCUT2D eigenvalue weighted by Crippen LogP contribution is -2.41. The van der Waals surface area contributed by atoms with Crippen LogP contribution >= 0.6 is 0 Å². The van der Waals surface area contributed by atoms with Gasteiger partial charge in [0, 0.05) is 39.7 Å². The van der Waals surface area contributed by atoms with Crippen molar-refractivity contribution in [2.45, 2.75) is 19.1 Å². The predicted octanol–water partition coefficient (Wildman–Crippen LogP) is 3.20. The molecule has 0 spiro atoms. The zero-order chi connectivity index (χ0) is 19.3. The fourth-order valence-corrected chi connectivity index (χ4v) is 3.85. The molecule has 0 bridgehead atoms. The maximum absolute atomic E-state index is 6.00. The first-order chi connectivity index (χ1) is 13.7. The highest BCUT2D eigenvalue weighted by molar-refractivity contribution is 5.79. The molecule has 1 N–H and O–H groups in total. The Morgan fingerprint density at radius 1 is 1.14 bits per heavy atom. The van der Waals surface area contributed by atoms with Crippen molar-refractivity contribution in [1.82, 2.24) is 10.2 Å². The van der Waals surface area contributed by atoms with Crippen LogP contribution in [0.2, 0.25) is 0 Å². The van der Waals surface area contributed by atoms with Crippen LogP contribution in [0, 0.1) is 5.92 Å². The molecule has 2 atom stereocenters. The van der Waals surface area contributed by atoms with Gasteiger partial charge in [0.1, 0.15) is 0 Å². The summed E-state index contributed by atoms with van der Waals surface area (Å²) in [6.07, 6.45) is 1.20. The van der Waals surface area contributed by atoms with E-state index >= 15 is 0 Å². The molecule has 1 fully saturated rings. The zero-order valence-corrected chi connectivity index (χ0v) is 16.4. The molecule has 2 unspecified atom stereocenters. The van der Waals surface area contributed by atoms with Crippen LogP contribution in [0.25, 0.3) is 0 Å². The summed E-state index contributed by atoms with van der Waals surface area (Å²) in [5, 5.41) is 3.52. The Morgan fingerprint density at radius 2 is 1.96 bits per heavy atom. The van der Waals surface area contributed by atoms with Gasteiger partial charge in [0.05, 0.1) is 6.10 Å². The lowest BCUT2D eigenvalue weighted by molar-refractivity contribution is 0.0914. The van der Waals surface area contributed by atoms with E-state index in [2.05, 4.69) is 45.5 Å². The molecule has 6 nitrogen and oxygen atoms in total. The molecule has 0 aliphatic carbocycles. The van der Waals surface area contributed by atoms with Crippen LogP contribution in [0.4, 0.5) is 0 Å². The van der Waals surface area contributed by atoms with E-state index in [0.717, 1.165) is 49.1 Å². The number of aliphatic imine (C=N–C) groups is 1. The van der Waals surface area contributed by atoms with Crippen molar-refractivity contribution in [1.29, 1.82) is 0 Å². The molecular formula is C22H27N3O3. The largest absolute Gasteiger partial charge is 0.454 e. The van der Waals surface area contributed by atoms with E-state index in [1.165, 1.54) is 5.56 Å². The number of benzene rings is 2. The lowest BCUT2D eigenvalue weighted by atomic mass is 9.95. The van der Waals surface area contributed by atoms with Crippen LogP contribution in [0.15, 0.2) is 53.5 Å². The standard InChI is InChI=1S/C22H27N3O3/c1-23-22(25(2)14-16-8-9-19-20(12-16)28-15-27-19)24-13-18-10-11-26-21(18)17-6-4-3-5-7-17/h3-9,12,18,21H,10-11,13-15H2,1-2H3,(H,23,24). The third-order valence-electron chi connectivity index (χ3n) is 5.29. The number of rotatable bonds is 5. The molecule has 2 aliphatic heterocycles. The first-order valence-corrected chi connectivity index (χ1v) is 9.71. The van der Waals surface area contributed by atoms with Gasteiger partial charge in [-0.1, -0.05) is 36.4 Å².